The molecule has 2 aromatic rings. The number of carbonyl (C=O) groups is 1. The van der Waals surface area contributed by atoms with Gasteiger partial charge in [-0.05, 0) is 35.9 Å². The predicted molar refractivity (Wildman–Crippen MR) is 87.0 cm³/mol. The Bertz CT molecular complexity index is 869. The van der Waals surface area contributed by atoms with Crippen molar-refractivity contribution >= 4 is 11.6 Å². The van der Waals surface area contributed by atoms with Crippen LogP contribution in [0, 0.1) is 17.1 Å². The van der Waals surface area contributed by atoms with Crippen molar-refractivity contribution in [3.05, 3.63) is 77.2 Å². The molecule has 0 aliphatic heterocycles. The lowest BCUT2D eigenvalue weighted by molar-refractivity contribution is -0.137. The first-order valence-corrected chi connectivity index (χ1v) is 7.36. The summed E-state index contributed by atoms with van der Waals surface area (Å²) in [4.78, 5) is 12.0. The van der Waals surface area contributed by atoms with E-state index in [1.54, 1.807) is 12.1 Å². The zero-order chi connectivity index (χ0) is 19.2. The highest BCUT2D eigenvalue weighted by Crippen LogP contribution is 2.30. The number of hydrogen-bond acceptors (Lipinski definition) is 3. The molecule has 2 N–H and O–H groups in total. The van der Waals surface area contributed by atoms with Crippen molar-refractivity contribution in [2.45, 2.75) is 12.7 Å². The van der Waals surface area contributed by atoms with Crippen LogP contribution in [0.5, 0.6) is 0 Å². The number of nitrogens with one attached hydrogen (secondary N) is 2. The van der Waals surface area contributed by atoms with Crippen molar-refractivity contribution in [3.8, 4) is 6.07 Å². The number of benzene rings is 2. The van der Waals surface area contributed by atoms with Gasteiger partial charge in [-0.15, -0.1) is 0 Å². The van der Waals surface area contributed by atoms with Crippen LogP contribution in [-0.2, 0) is 17.5 Å². The van der Waals surface area contributed by atoms with Crippen molar-refractivity contribution in [1.29, 1.82) is 5.26 Å². The molecule has 0 aliphatic carbocycles. The molecule has 0 heterocycles. The summed E-state index contributed by atoms with van der Waals surface area (Å²) in [5, 5.41) is 14.0. The fourth-order valence-electron chi connectivity index (χ4n) is 2.04. The second kappa shape index (κ2) is 8.16. The number of carbonyl (C=O) groups excluding carboxylic acids is 1. The number of nitriles is 1. The van der Waals surface area contributed by atoms with E-state index in [2.05, 4.69) is 10.6 Å². The van der Waals surface area contributed by atoms with Gasteiger partial charge in [0.15, 0.2) is 0 Å². The Kier molecular flexibility index (Phi) is 5.96. The average molecular weight is 363 g/mol. The largest absolute Gasteiger partial charge is 0.416 e. The molecule has 0 saturated heterocycles. The first-order valence-electron chi connectivity index (χ1n) is 7.36. The lowest BCUT2D eigenvalue weighted by Crippen LogP contribution is -2.17. The van der Waals surface area contributed by atoms with Gasteiger partial charge in [0, 0.05) is 18.4 Å². The molecule has 8 heteroatoms. The number of rotatable bonds is 5. The molecule has 0 aromatic heterocycles. The van der Waals surface area contributed by atoms with E-state index in [0.717, 1.165) is 24.4 Å². The third-order valence-electron chi connectivity index (χ3n) is 3.25. The van der Waals surface area contributed by atoms with E-state index in [4.69, 9.17) is 5.26 Å². The zero-order valence-electron chi connectivity index (χ0n) is 13.3. The topological polar surface area (TPSA) is 64.9 Å². The number of amides is 1. The number of halogens is 4. The molecule has 0 unspecified atom stereocenters. The first-order chi connectivity index (χ1) is 12.3. The summed E-state index contributed by atoms with van der Waals surface area (Å²) >= 11 is 0. The summed E-state index contributed by atoms with van der Waals surface area (Å²) in [6.07, 6.45) is -3.42. The molecular weight excluding hydrogens is 350 g/mol. The van der Waals surface area contributed by atoms with E-state index >= 15 is 0 Å². The monoisotopic (exact) mass is 363 g/mol. The van der Waals surface area contributed by atoms with Gasteiger partial charge < -0.3 is 10.6 Å². The van der Waals surface area contributed by atoms with Gasteiger partial charge in [0.05, 0.1) is 5.56 Å². The number of nitrogens with zero attached hydrogens (tertiary/aromatic N) is 1. The minimum Gasteiger partial charge on any atom is -0.386 e. The lowest BCUT2D eigenvalue weighted by atomic mass is 10.2. The Morgan fingerprint density at radius 2 is 1.88 bits per heavy atom. The lowest BCUT2D eigenvalue weighted by Gasteiger charge is -2.09. The van der Waals surface area contributed by atoms with Gasteiger partial charge in [0.1, 0.15) is 17.5 Å². The molecule has 0 fully saturated rings. The zero-order valence-corrected chi connectivity index (χ0v) is 13.3. The second-order valence-electron chi connectivity index (χ2n) is 5.21. The maximum atomic E-state index is 13.1. The maximum Gasteiger partial charge on any atom is 0.416 e. The van der Waals surface area contributed by atoms with Crippen molar-refractivity contribution in [2.75, 3.05) is 5.32 Å². The van der Waals surface area contributed by atoms with E-state index < -0.39 is 23.5 Å². The Balaban J connectivity index is 2.03. The summed E-state index contributed by atoms with van der Waals surface area (Å²) in [5.74, 6) is -1.28. The molecule has 2 aromatic carbocycles. The fourth-order valence-corrected chi connectivity index (χ4v) is 2.04. The molecule has 1 amide bonds. The average Bonchev–Trinajstić information content (AvgIpc) is 2.58. The van der Waals surface area contributed by atoms with E-state index in [0.29, 0.717) is 5.56 Å². The summed E-state index contributed by atoms with van der Waals surface area (Å²) in [7, 11) is 0. The Labute approximate surface area is 146 Å². The van der Waals surface area contributed by atoms with Crippen LogP contribution < -0.4 is 10.6 Å². The highest BCUT2D eigenvalue weighted by molar-refractivity contribution is 6.06. The standard InChI is InChI=1S/C18H13F4N3O/c19-15-5-1-3-12(7-15)10-24-11-13(9-23)17(26)25-16-6-2-4-14(8-16)18(20,21)22/h1-8,11,24H,10H2,(H,25,26)/b13-11-. The Hall–Kier alpha value is -3.34. The molecular formula is C18H13F4N3O. The number of anilines is 1. The van der Waals surface area contributed by atoms with E-state index in [1.165, 1.54) is 24.3 Å². The molecule has 0 saturated carbocycles. The van der Waals surface area contributed by atoms with E-state index in [1.807, 2.05) is 0 Å². The molecule has 0 bridgehead atoms. The van der Waals surface area contributed by atoms with Crippen LogP contribution in [0.15, 0.2) is 60.3 Å². The quantitative estimate of drug-likeness (QED) is 0.480. The third-order valence-corrected chi connectivity index (χ3v) is 3.25. The maximum absolute atomic E-state index is 13.1. The van der Waals surface area contributed by atoms with Crippen LogP contribution >= 0.6 is 0 Å². The molecule has 0 atom stereocenters. The van der Waals surface area contributed by atoms with Gasteiger partial charge >= 0.3 is 6.18 Å². The van der Waals surface area contributed by atoms with Gasteiger partial charge in [-0.3, -0.25) is 4.79 Å². The normalized spacial score (nSPS) is 11.6. The molecule has 0 aliphatic rings. The molecule has 26 heavy (non-hydrogen) atoms. The van der Waals surface area contributed by atoms with Gasteiger partial charge in [-0.25, -0.2) is 4.39 Å². The van der Waals surface area contributed by atoms with Gasteiger partial charge in [0.25, 0.3) is 5.91 Å². The van der Waals surface area contributed by atoms with Crippen LogP contribution in [0.25, 0.3) is 0 Å². The van der Waals surface area contributed by atoms with Crippen molar-refractivity contribution in [1.82, 2.24) is 5.32 Å². The molecule has 2 rings (SSSR count). The number of hydrogen-bond donors (Lipinski definition) is 2. The van der Waals surface area contributed by atoms with E-state index in [-0.39, 0.29) is 17.8 Å². The summed E-state index contributed by atoms with van der Waals surface area (Å²) in [6.45, 7) is 0.166. The van der Waals surface area contributed by atoms with Crippen LogP contribution in [0.3, 0.4) is 0 Å². The van der Waals surface area contributed by atoms with Crippen molar-refractivity contribution in [3.63, 3.8) is 0 Å². The SMILES string of the molecule is N#C/C(=C/NCc1cccc(F)c1)C(=O)Nc1cccc(C(F)(F)F)c1. The predicted octanol–water partition coefficient (Wildman–Crippen LogP) is 3.98. The number of alkyl halides is 3. The van der Waals surface area contributed by atoms with Crippen LogP contribution in [0.4, 0.5) is 23.2 Å². The molecule has 0 spiro atoms. The van der Waals surface area contributed by atoms with E-state index in [9.17, 15) is 22.4 Å². The summed E-state index contributed by atoms with van der Waals surface area (Å²) in [6, 6.07) is 11.5. The molecule has 4 nitrogen and oxygen atoms in total. The summed E-state index contributed by atoms with van der Waals surface area (Å²) in [5.41, 5.74) is -0.742. The van der Waals surface area contributed by atoms with Crippen LogP contribution in [0.1, 0.15) is 11.1 Å². The minimum atomic E-state index is -4.54. The smallest absolute Gasteiger partial charge is 0.386 e. The first kappa shape index (κ1) is 19.0. The Morgan fingerprint density at radius 1 is 1.15 bits per heavy atom. The fraction of sp³-hybridized carbons (Fsp3) is 0.111. The Morgan fingerprint density at radius 3 is 2.54 bits per heavy atom. The molecule has 0 radical (unpaired) electrons. The van der Waals surface area contributed by atoms with Gasteiger partial charge in [-0.1, -0.05) is 18.2 Å². The van der Waals surface area contributed by atoms with Crippen LogP contribution in [0.2, 0.25) is 0 Å². The van der Waals surface area contributed by atoms with Crippen molar-refractivity contribution in [2.24, 2.45) is 0 Å². The highest BCUT2D eigenvalue weighted by Gasteiger charge is 2.30. The van der Waals surface area contributed by atoms with Crippen molar-refractivity contribution < 1.29 is 22.4 Å². The van der Waals surface area contributed by atoms with Crippen LogP contribution in [-0.4, -0.2) is 5.91 Å². The minimum absolute atomic E-state index is 0.0869. The second-order valence-corrected chi connectivity index (χ2v) is 5.21. The summed E-state index contributed by atoms with van der Waals surface area (Å²) < 4.78 is 51.1. The highest BCUT2D eigenvalue weighted by atomic mass is 19.4. The molecule has 134 valence electrons. The van der Waals surface area contributed by atoms with Gasteiger partial charge in [0.2, 0.25) is 0 Å². The van der Waals surface area contributed by atoms with Gasteiger partial charge in [-0.2, -0.15) is 18.4 Å². The third kappa shape index (κ3) is 5.34.